The van der Waals surface area contributed by atoms with Crippen molar-refractivity contribution in [2.75, 3.05) is 0 Å². The van der Waals surface area contributed by atoms with E-state index in [0.29, 0.717) is 11.8 Å². The number of hydrogen-bond donors (Lipinski definition) is 0. The number of nitrogens with zero attached hydrogens (tertiary/aromatic N) is 2. The molecule has 0 atom stereocenters. The zero-order valence-corrected chi connectivity index (χ0v) is 19.1. The minimum atomic E-state index is -0.364. The second-order valence-electron chi connectivity index (χ2n) is 9.13. The summed E-state index contributed by atoms with van der Waals surface area (Å²) < 4.78 is 11.1. The van der Waals surface area contributed by atoms with E-state index in [-0.39, 0.29) is 46.4 Å². The van der Waals surface area contributed by atoms with Crippen LogP contribution in [0.3, 0.4) is 0 Å². The monoisotopic (exact) mass is 436 g/mol. The lowest BCUT2D eigenvalue weighted by Gasteiger charge is -2.26. The van der Waals surface area contributed by atoms with Crippen molar-refractivity contribution < 1.29 is 19.1 Å². The summed E-state index contributed by atoms with van der Waals surface area (Å²) in [5.74, 6) is 0.311. The van der Waals surface area contributed by atoms with Gasteiger partial charge < -0.3 is 9.47 Å². The van der Waals surface area contributed by atoms with Gasteiger partial charge in [-0.1, -0.05) is 26.7 Å². The van der Waals surface area contributed by atoms with Crippen LogP contribution in [0.5, 0.6) is 11.5 Å². The van der Waals surface area contributed by atoms with Crippen molar-refractivity contribution in [1.82, 2.24) is 0 Å². The van der Waals surface area contributed by atoms with Crippen molar-refractivity contribution in [3.05, 3.63) is 23.3 Å². The van der Waals surface area contributed by atoms with Crippen LogP contribution < -0.4 is 9.47 Å². The summed E-state index contributed by atoms with van der Waals surface area (Å²) in [7, 11) is 0. The lowest BCUT2D eigenvalue weighted by molar-refractivity contribution is -0.141. The van der Waals surface area contributed by atoms with Crippen molar-refractivity contribution in [2.24, 2.45) is 23.7 Å². The molecule has 0 saturated heterocycles. The van der Waals surface area contributed by atoms with Gasteiger partial charge in [-0.2, -0.15) is 10.5 Å². The molecule has 0 aromatic heterocycles. The van der Waals surface area contributed by atoms with E-state index in [9.17, 15) is 20.1 Å². The number of carbonyl (C=O) groups excluding carboxylic acids is 2. The molecule has 6 nitrogen and oxygen atoms in total. The smallest absolute Gasteiger partial charge is 0.314 e. The van der Waals surface area contributed by atoms with E-state index in [2.05, 4.69) is 13.8 Å². The average Bonchev–Trinajstić information content (AvgIpc) is 2.84. The standard InChI is InChI=1S/C26H32N2O4/c1-3-17-5-9-19(10-6-17)25(29)31-23-13-14-24(22(16-28)21(23)15-27)32-26(30)20-11-7-18(4-2)8-12-20/h13-14,17-20H,3-12H2,1-2H3. The zero-order valence-electron chi connectivity index (χ0n) is 19.1. The van der Waals surface area contributed by atoms with Crippen LogP contribution in [0.15, 0.2) is 12.1 Å². The van der Waals surface area contributed by atoms with E-state index >= 15 is 0 Å². The SMILES string of the molecule is CCC1CCC(C(=O)Oc2ccc(OC(=O)C3CCC(CC)CC3)c(C#N)c2C#N)CC1. The Hall–Kier alpha value is -2.86. The van der Waals surface area contributed by atoms with Gasteiger partial charge in [0.25, 0.3) is 0 Å². The largest absolute Gasteiger partial charge is 0.425 e. The fraction of sp³-hybridized carbons (Fsp3) is 0.615. The third-order valence-corrected chi connectivity index (χ3v) is 7.29. The van der Waals surface area contributed by atoms with Gasteiger partial charge in [-0.05, 0) is 75.3 Å². The number of benzene rings is 1. The van der Waals surface area contributed by atoms with E-state index in [1.807, 2.05) is 12.1 Å². The van der Waals surface area contributed by atoms with Gasteiger partial charge in [0, 0.05) is 0 Å². The predicted octanol–water partition coefficient (Wildman–Crippen LogP) is 5.67. The number of rotatable bonds is 6. The zero-order chi connectivity index (χ0) is 23.1. The van der Waals surface area contributed by atoms with E-state index in [0.717, 1.165) is 64.2 Å². The first-order valence-corrected chi connectivity index (χ1v) is 11.9. The van der Waals surface area contributed by atoms with Gasteiger partial charge in [0.1, 0.15) is 34.8 Å². The molecule has 2 aliphatic carbocycles. The van der Waals surface area contributed by atoms with Crippen LogP contribution in [-0.4, -0.2) is 11.9 Å². The highest BCUT2D eigenvalue weighted by molar-refractivity contribution is 5.79. The van der Waals surface area contributed by atoms with Crippen LogP contribution in [0, 0.1) is 46.3 Å². The van der Waals surface area contributed by atoms with Crippen molar-refractivity contribution in [1.29, 1.82) is 10.5 Å². The summed E-state index contributed by atoms with van der Waals surface area (Å²) in [4.78, 5) is 25.3. The van der Waals surface area contributed by atoms with Crippen molar-refractivity contribution in [2.45, 2.75) is 78.1 Å². The summed E-state index contributed by atoms with van der Waals surface area (Å²) in [5, 5.41) is 19.3. The van der Waals surface area contributed by atoms with Gasteiger partial charge in [0.15, 0.2) is 0 Å². The summed E-state index contributed by atoms with van der Waals surface area (Å²) in [6, 6.07) is 6.81. The van der Waals surface area contributed by atoms with Crippen LogP contribution in [-0.2, 0) is 9.59 Å². The molecule has 0 N–H and O–H groups in total. The average molecular weight is 437 g/mol. The minimum Gasteiger partial charge on any atom is -0.425 e. The fourth-order valence-electron chi connectivity index (χ4n) is 4.95. The van der Waals surface area contributed by atoms with E-state index in [1.165, 1.54) is 12.1 Å². The molecule has 2 aliphatic rings. The molecule has 32 heavy (non-hydrogen) atoms. The Kier molecular flexibility index (Phi) is 8.28. The first-order valence-electron chi connectivity index (χ1n) is 11.9. The van der Waals surface area contributed by atoms with Crippen molar-refractivity contribution in [3.8, 4) is 23.6 Å². The molecule has 0 amide bonds. The Morgan fingerprint density at radius 1 is 0.750 bits per heavy atom. The molecule has 0 radical (unpaired) electrons. The third-order valence-electron chi connectivity index (χ3n) is 7.29. The lowest BCUT2D eigenvalue weighted by Crippen LogP contribution is -2.26. The highest BCUT2D eigenvalue weighted by Crippen LogP contribution is 2.36. The molecule has 0 heterocycles. The highest BCUT2D eigenvalue weighted by atomic mass is 16.5. The van der Waals surface area contributed by atoms with Crippen LogP contribution in [0.4, 0.5) is 0 Å². The second-order valence-corrected chi connectivity index (χ2v) is 9.13. The van der Waals surface area contributed by atoms with Gasteiger partial charge in [-0.25, -0.2) is 0 Å². The molecule has 0 bridgehead atoms. The summed E-state index contributed by atoms with van der Waals surface area (Å²) >= 11 is 0. The lowest BCUT2D eigenvalue weighted by atomic mass is 9.81. The second kappa shape index (κ2) is 11.1. The molecule has 1 aromatic rings. The van der Waals surface area contributed by atoms with E-state index < -0.39 is 0 Å². The van der Waals surface area contributed by atoms with Crippen LogP contribution >= 0.6 is 0 Å². The first kappa shape index (κ1) is 23.8. The van der Waals surface area contributed by atoms with Crippen LogP contribution in [0.1, 0.15) is 89.2 Å². The summed E-state index contributed by atoms with van der Waals surface area (Å²) in [6.07, 6.45) is 9.35. The van der Waals surface area contributed by atoms with Crippen LogP contribution in [0.25, 0.3) is 0 Å². The number of carbonyl (C=O) groups is 2. The number of esters is 2. The van der Waals surface area contributed by atoms with Crippen molar-refractivity contribution in [3.63, 3.8) is 0 Å². The minimum absolute atomic E-state index is 0.0508. The Bertz CT molecular complexity index is 836. The van der Waals surface area contributed by atoms with Gasteiger partial charge in [0.05, 0.1) is 11.8 Å². The van der Waals surface area contributed by atoms with Crippen molar-refractivity contribution >= 4 is 11.9 Å². The summed E-state index contributed by atoms with van der Waals surface area (Å²) in [6.45, 7) is 4.33. The molecule has 2 fully saturated rings. The molecule has 6 heteroatoms. The van der Waals surface area contributed by atoms with Crippen LogP contribution in [0.2, 0.25) is 0 Å². The Labute approximate surface area is 190 Å². The normalized spacial score (nSPS) is 25.2. The Balaban J connectivity index is 1.70. The molecule has 3 rings (SSSR count). The number of nitriles is 2. The first-order chi connectivity index (χ1) is 15.5. The van der Waals surface area contributed by atoms with E-state index in [1.54, 1.807) is 0 Å². The molecule has 1 aromatic carbocycles. The summed E-state index contributed by atoms with van der Waals surface area (Å²) in [5.41, 5.74) is -0.133. The number of hydrogen-bond acceptors (Lipinski definition) is 6. The van der Waals surface area contributed by atoms with Gasteiger partial charge in [-0.3, -0.25) is 9.59 Å². The highest BCUT2D eigenvalue weighted by Gasteiger charge is 2.30. The molecular weight excluding hydrogens is 404 g/mol. The molecule has 0 aliphatic heterocycles. The molecule has 2 saturated carbocycles. The molecule has 170 valence electrons. The maximum Gasteiger partial charge on any atom is 0.314 e. The molecule has 0 spiro atoms. The maximum absolute atomic E-state index is 12.7. The Morgan fingerprint density at radius 2 is 1.09 bits per heavy atom. The molecule has 0 unspecified atom stereocenters. The Morgan fingerprint density at radius 3 is 1.38 bits per heavy atom. The quantitative estimate of drug-likeness (QED) is 0.420. The predicted molar refractivity (Wildman–Crippen MR) is 119 cm³/mol. The third kappa shape index (κ3) is 5.49. The maximum atomic E-state index is 12.7. The van der Waals surface area contributed by atoms with Gasteiger partial charge in [0.2, 0.25) is 0 Å². The number of ether oxygens (including phenoxy) is 2. The topological polar surface area (TPSA) is 100 Å². The van der Waals surface area contributed by atoms with Gasteiger partial charge >= 0.3 is 11.9 Å². The molecular formula is C26H32N2O4. The van der Waals surface area contributed by atoms with E-state index in [4.69, 9.17) is 9.47 Å². The fourth-order valence-corrected chi connectivity index (χ4v) is 4.95. The van der Waals surface area contributed by atoms with Gasteiger partial charge in [-0.15, -0.1) is 0 Å².